The molecule has 0 atom stereocenters. The summed E-state index contributed by atoms with van der Waals surface area (Å²) in [5.41, 5.74) is 2.12. The molecule has 7 nitrogen and oxygen atoms in total. The van der Waals surface area contributed by atoms with Crippen LogP contribution in [-0.4, -0.2) is 25.8 Å². The van der Waals surface area contributed by atoms with Gasteiger partial charge in [-0.1, -0.05) is 28.9 Å². The number of hydrogen-bond donors (Lipinski definition) is 1. The Bertz CT molecular complexity index is 996. The fourth-order valence-electron chi connectivity index (χ4n) is 2.77. The normalized spacial score (nSPS) is 10.7. The molecule has 0 spiro atoms. The van der Waals surface area contributed by atoms with E-state index < -0.39 is 10.9 Å². The number of nitro benzene ring substituents is 1. The first kappa shape index (κ1) is 17.8. The van der Waals surface area contributed by atoms with Crippen molar-refractivity contribution in [3.05, 3.63) is 74.4 Å². The summed E-state index contributed by atoms with van der Waals surface area (Å²) in [5.74, 6) is -1.09. The first-order valence-corrected chi connectivity index (χ1v) is 8.57. The van der Waals surface area contributed by atoms with Crippen LogP contribution in [0.2, 0.25) is 0 Å². The molecule has 8 heteroatoms. The summed E-state index contributed by atoms with van der Waals surface area (Å²) in [5, 5.41) is 25.1. The maximum absolute atomic E-state index is 11.9. The van der Waals surface area contributed by atoms with Gasteiger partial charge in [0.2, 0.25) is 0 Å². The molecule has 3 rings (SSSR count). The van der Waals surface area contributed by atoms with Gasteiger partial charge in [-0.15, -0.1) is 0 Å². The Kier molecular flexibility index (Phi) is 4.85. The van der Waals surface area contributed by atoms with Gasteiger partial charge in [-0.25, -0.2) is 9.48 Å². The van der Waals surface area contributed by atoms with Crippen LogP contribution in [0.15, 0.2) is 53.0 Å². The number of aromatic carboxylic acids is 1. The first-order chi connectivity index (χ1) is 12.4. The van der Waals surface area contributed by atoms with E-state index in [1.54, 1.807) is 4.68 Å². The number of carboxylic acids is 1. The highest BCUT2D eigenvalue weighted by Crippen LogP contribution is 2.30. The molecule has 26 heavy (non-hydrogen) atoms. The number of nitrogens with zero attached hydrogens (tertiary/aromatic N) is 3. The Morgan fingerprint density at radius 1 is 1.27 bits per heavy atom. The first-order valence-electron chi connectivity index (χ1n) is 7.78. The third-order valence-electron chi connectivity index (χ3n) is 3.93. The van der Waals surface area contributed by atoms with Crippen molar-refractivity contribution < 1.29 is 14.8 Å². The molecule has 0 aliphatic heterocycles. The smallest absolute Gasteiger partial charge is 0.339 e. The molecule has 0 saturated heterocycles. The van der Waals surface area contributed by atoms with Gasteiger partial charge in [0.05, 0.1) is 16.3 Å². The molecule has 0 amide bonds. The largest absolute Gasteiger partial charge is 0.478 e. The second kappa shape index (κ2) is 7.09. The van der Waals surface area contributed by atoms with E-state index in [0.29, 0.717) is 17.7 Å². The molecular formula is C18H14BrN3O4. The van der Waals surface area contributed by atoms with Gasteiger partial charge in [0.15, 0.2) is 0 Å². The van der Waals surface area contributed by atoms with E-state index in [2.05, 4.69) is 21.0 Å². The van der Waals surface area contributed by atoms with Gasteiger partial charge in [-0.3, -0.25) is 10.1 Å². The zero-order valence-corrected chi connectivity index (χ0v) is 15.3. The number of aromatic nitrogens is 2. The summed E-state index contributed by atoms with van der Waals surface area (Å²) < 4.78 is 2.45. The van der Waals surface area contributed by atoms with E-state index >= 15 is 0 Å². The number of benzene rings is 2. The number of rotatable bonds is 5. The van der Waals surface area contributed by atoms with Crippen LogP contribution >= 0.6 is 15.9 Å². The van der Waals surface area contributed by atoms with Crippen LogP contribution in [0.3, 0.4) is 0 Å². The summed E-state index contributed by atoms with van der Waals surface area (Å²) in [4.78, 5) is 22.2. The minimum absolute atomic E-state index is 0.0623. The molecule has 0 saturated carbocycles. The molecule has 0 radical (unpaired) electrons. The SMILES string of the molecule is CCc1c(C(=O)O)c(-c2ccc([N+](=O)[O-])cc2)nn1-c1cccc(Br)c1. The van der Waals surface area contributed by atoms with Gasteiger partial charge in [-0.05, 0) is 36.8 Å². The zero-order valence-electron chi connectivity index (χ0n) is 13.7. The van der Waals surface area contributed by atoms with Crippen LogP contribution in [0.4, 0.5) is 5.69 Å². The fraction of sp³-hybridized carbons (Fsp3) is 0.111. The Labute approximate surface area is 157 Å². The Hall–Kier alpha value is -3.00. The van der Waals surface area contributed by atoms with Crippen LogP contribution in [-0.2, 0) is 6.42 Å². The number of carbonyl (C=O) groups is 1. The molecule has 0 aliphatic rings. The van der Waals surface area contributed by atoms with Crippen LogP contribution in [0, 0.1) is 10.1 Å². The quantitative estimate of drug-likeness (QED) is 0.489. The van der Waals surface area contributed by atoms with Crippen LogP contribution in [0.25, 0.3) is 16.9 Å². The zero-order chi connectivity index (χ0) is 18.8. The molecule has 1 aromatic heterocycles. The van der Waals surface area contributed by atoms with Gasteiger partial charge in [-0.2, -0.15) is 5.10 Å². The van der Waals surface area contributed by atoms with Crippen LogP contribution < -0.4 is 0 Å². The molecule has 2 aromatic carbocycles. The second-order valence-electron chi connectivity index (χ2n) is 5.52. The molecule has 0 aliphatic carbocycles. The van der Waals surface area contributed by atoms with E-state index in [-0.39, 0.29) is 16.9 Å². The summed E-state index contributed by atoms with van der Waals surface area (Å²) in [6.45, 7) is 1.86. The van der Waals surface area contributed by atoms with Crippen molar-refractivity contribution in [2.75, 3.05) is 0 Å². The van der Waals surface area contributed by atoms with Crippen LogP contribution in [0.5, 0.6) is 0 Å². The van der Waals surface area contributed by atoms with Crippen molar-refractivity contribution in [2.45, 2.75) is 13.3 Å². The minimum atomic E-state index is -1.09. The predicted molar refractivity (Wildman–Crippen MR) is 99.7 cm³/mol. The summed E-state index contributed by atoms with van der Waals surface area (Å²) >= 11 is 3.41. The van der Waals surface area contributed by atoms with Gasteiger partial charge in [0.25, 0.3) is 5.69 Å². The fourth-order valence-corrected chi connectivity index (χ4v) is 3.16. The highest BCUT2D eigenvalue weighted by molar-refractivity contribution is 9.10. The lowest BCUT2D eigenvalue weighted by molar-refractivity contribution is -0.384. The monoisotopic (exact) mass is 415 g/mol. The second-order valence-corrected chi connectivity index (χ2v) is 6.44. The van der Waals surface area contributed by atoms with Crippen molar-refractivity contribution in [1.82, 2.24) is 9.78 Å². The number of nitro groups is 1. The number of carboxylic acid groups (broad SMARTS) is 1. The minimum Gasteiger partial charge on any atom is -0.478 e. The third-order valence-corrected chi connectivity index (χ3v) is 4.43. The lowest BCUT2D eigenvalue weighted by Crippen LogP contribution is -2.05. The molecular weight excluding hydrogens is 402 g/mol. The van der Waals surface area contributed by atoms with Gasteiger partial charge in [0, 0.05) is 22.2 Å². The lowest BCUT2D eigenvalue weighted by atomic mass is 10.0. The average molecular weight is 416 g/mol. The number of hydrogen-bond acceptors (Lipinski definition) is 4. The van der Waals surface area contributed by atoms with Crippen LogP contribution in [0.1, 0.15) is 23.0 Å². The van der Waals surface area contributed by atoms with Gasteiger partial charge >= 0.3 is 5.97 Å². The molecule has 0 fully saturated rings. The summed E-state index contributed by atoms with van der Waals surface area (Å²) in [6, 6.07) is 13.1. The van der Waals surface area contributed by atoms with E-state index in [1.165, 1.54) is 24.3 Å². The van der Waals surface area contributed by atoms with Crippen molar-refractivity contribution >= 4 is 27.6 Å². The summed E-state index contributed by atoms with van der Waals surface area (Å²) in [6.07, 6.45) is 0.466. The average Bonchev–Trinajstić information content (AvgIpc) is 3.01. The molecule has 1 N–H and O–H groups in total. The van der Waals surface area contributed by atoms with Crippen molar-refractivity contribution in [1.29, 1.82) is 0 Å². The Morgan fingerprint density at radius 3 is 2.50 bits per heavy atom. The predicted octanol–water partition coefficient (Wildman–Crippen LogP) is 4.47. The van der Waals surface area contributed by atoms with E-state index in [9.17, 15) is 20.0 Å². The van der Waals surface area contributed by atoms with E-state index in [4.69, 9.17) is 0 Å². The molecule has 0 bridgehead atoms. The van der Waals surface area contributed by atoms with Crippen molar-refractivity contribution in [3.63, 3.8) is 0 Å². The topological polar surface area (TPSA) is 98.3 Å². The highest BCUT2D eigenvalue weighted by atomic mass is 79.9. The standard InChI is InChI=1S/C18H14BrN3O4/c1-2-15-16(18(23)24)17(11-6-8-13(9-7-11)22(25)26)20-21(15)14-5-3-4-12(19)10-14/h3-10H,2H2,1H3,(H,23,24). The molecule has 132 valence electrons. The van der Waals surface area contributed by atoms with Gasteiger partial charge in [0.1, 0.15) is 11.3 Å². The number of non-ortho nitro benzene ring substituents is 1. The van der Waals surface area contributed by atoms with Crippen molar-refractivity contribution in [2.24, 2.45) is 0 Å². The maximum atomic E-state index is 11.9. The molecule has 3 aromatic rings. The summed E-state index contributed by atoms with van der Waals surface area (Å²) in [7, 11) is 0. The Balaban J connectivity index is 2.22. The third kappa shape index (κ3) is 3.23. The molecule has 0 unspecified atom stereocenters. The van der Waals surface area contributed by atoms with Crippen molar-refractivity contribution in [3.8, 4) is 16.9 Å². The van der Waals surface area contributed by atoms with E-state index in [0.717, 1.165) is 10.2 Å². The van der Waals surface area contributed by atoms with E-state index in [1.807, 2.05) is 31.2 Å². The maximum Gasteiger partial charge on any atom is 0.339 e. The number of halogens is 1. The highest BCUT2D eigenvalue weighted by Gasteiger charge is 2.24. The lowest BCUT2D eigenvalue weighted by Gasteiger charge is -2.06. The molecule has 1 heterocycles. The Morgan fingerprint density at radius 2 is 1.96 bits per heavy atom. The van der Waals surface area contributed by atoms with Gasteiger partial charge < -0.3 is 5.11 Å².